The normalized spacial score (nSPS) is 11.5. The minimum Gasteiger partial charge on any atom is -0.344 e. The second kappa shape index (κ2) is 6.21. The van der Waals surface area contributed by atoms with Crippen molar-refractivity contribution in [1.82, 2.24) is 15.5 Å². The number of aryl methyl sites for hydroxylation is 2. The average Bonchev–Trinajstić information content (AvgIpc) is 2.89. The van der Waals surface area contributed by atoms with Crippen LogP contribution in [0.25, 0.3) is 0 Å². The fraction of sp³-hybridized carbons (Fsp3) is 0.400. The predicted octanol–water partition coefficient (Wildman–Crippen LogP) is 2.50. The number of hydrogen-bond acceptors (Lipinski definition) is 4. The van der Waals surface area contributed by atoms with Crippen LogP contribution in [-0.2, 0) is 23.2 Å². The highest BCUT2D eigenvalue weighted by Gasteiger charge is 2.27. The fourth-order valence-electron chi connectivity index (χ4n) is 2.09. The summed E-state index contributed by atoms with van der Waals surface area (Å²) in [7, 11) is 0. The molecule has 0 unspecified atom stereocenters. The van der Waals surface area contributed by atoms with Crippen molar-refractivity contribution in [3.63, 3.8) is 0 Å². The van der Waals surface area contributed by atoms with E-state index in [-0.39, 0.29) is 24.3 Å². The van der Waals surface area contributed by atoms with Crippen LogP contribution in [0.4, 0.5) is 8.78 Å². The van der Waals surface area contributed by atoms with Crippen molar-refractivity contribution >= 4 is 5.91 Å². The molecule has 0 spiro atoms. The number of nitrogens with zero attached hydrogens (tertiary/aromatic N) is 2. The number of amides is 1. The molecular weight excluding hydrogens is 292 g/mol. The lowest BCUT2D eigenvalue weighted by molar-refractivity contribution is -0.120. The zero-order valence-electron chi connectivity index (χ0n) is 12.6. The quantitative estimate of drug-likeness (QED) is 0.921. The van der Waals surface area contributed by atoms with Gasteiger partial charge in [0.05, 0.1) is 5.54 Å². The van der Waals surface area contributed by atoms with E-state index in [1.165, 1.54) is 19.1 Å². The first kappa shape index (κ1) is 16.1. The summed E-state index contributed by atoms with van der Waals surface area (Å²) in [6.45, 7) is 4.89. The van der Waals surface area contributed by atoms with Gasteiger partial charge in [0.1, 0.15) is 0 Å². The van der Waals surface area contributed by atoms with Crippen LogP contribution in [-0.4, -0.2) is 16.0 Å². The van der Waals surface area contributed by atoms with Crippen molar-refractivity contribution in [3.8, 4) is 0 Å². The molecule has 0 atom stereocenters. The number of carbonyl (C=O) groups excluding carboxylic acids is 1. The summed E-state index contributed by atoms with van der Waals surface area (Å²) in [5.74, 6) is -1.32. The number of nitrogens with one attached hydrogen (secondary N) is 1. The maximum atomic E-state index is 13.6. The number of rotatable bonds is 5. The van der Waals surface area contributed by atoms with E-state index in [0.29, 0.717) is 11.7 Å². The Morgan fingerprint density at radius 1 is 1.32 bits per heavy atom. The minimum atomic E-state index is -0.879. The monoisotopic (exact) mass is 309 g/mol. The molecule has 0 saturated heterocycles. The molecule has 118 valence electrons. The van der Waals surface area contributed by atoms with Gasteiger partial charge in [0.15, 0.2) is 17.5 Å². The van der Waals surface area contributed by atoms with Crippen molar-refractivity contribution in [2.24, 2.45) is 0 Å². The van der Waals surface area contributed by atoms with E-state index in [1.54, 1.807) is 13.8 Å². The first-order chi connectivity index (χ1) is 10.3. The maximum absolute atomic E-state index is 13.6. The van der Waals surface area contributed by atoms with Gasteiger partial charge in [-0.05, 0) is 31.9 Å². The van der Waals surface area contributed by atoms with Gasteiger partial charge in [-0.3, -0.25) is 4.79 Å². The van der Waals surface area contributed by atoms with Crippen molar-refractivity contribution < 1.29 is 18.1 Å². The number of halogens is 2. The molecular formula is C15H17F2N3O2. The van der Waals surface area contributed by atoms with Crippen LogP contribution in [0.2, 0.25) is 0 Å². The Kier molecular flexibility index (Phi) is 4.54. The Hall–Kier alpha value is -2.31. The van der Waals surface area contributed by atoms with Crippen molar-refractivity contribution in [2.45, 2.75) is 39.2 Å². The maximum Gasteiger partial charge on any atom is 0.227 e. The van der Waals surface area contributed by atoms with E-state index < -0.39 is 17.2 Å². The highest BCUT2D eigenvalue weighted by Crippen LogP contribution is 2.18. The number of benzene rings is 1. The standard InChI is InChI=1S/C15H17F2N3O2/c1-9(21)19-15(2,3)14-18-12(22-20-14)8-7-10-5-4-6-11(16)13(10)17/h4-6H,7-8H2,1-3H3,(H,19,21). The van der Waals surface area contributed by atoms with E-state index in [1.807, 2.05) is 0 Å². The van der Waals surface area contributed by atoms with Crippen LogP contribution in [0, 0.1) is 11.6 Å². The second-order valence-corrected chi connectivity index (χ2v) is 5.53. The zero-order valence-corrected chi connectivity index (χ0v) is 12.6. The molecule has 1 heterocycles. The van der Waals surface area contributed by atoms with Gasteiger partial charge in [0.2, 0.25) is 11.8 Å². The van der Waals surface area contributed by atoms with Crippen LogP contribution in [0.15, 0.2) is 22.7 Å². The molecule has 2 rings (SSSR count). The third kappa shape index (κ3) is 3.66. The highest BCUT2D eigenvalue weighted by atomic mass is 19.2. The van der Waals surface area contributed by atoms with Crippen molar-refractivity contribution in [1.29, 1.82) is 0 Å². The summed E-state index contributed by atoms with van der Waals surface area (Å²) in [5.41, 5.74) is -0.515. The zero-order chi connectivity index (χ0) is 16.3. The van der Waals surface area contributed by atoms with Gasteiger partial charge >= 0.3 is 0 Å². The summed E-state index contributed by atoms with van der Waals surface area (Å²) in [5, 5.41) is 6.53. The largest absolute Gasteiger partial charge is 0.344 e. The van der Waals surface area contributed by atoms with E-state index in [2.05, 4.69) is 15.5 Å². The Bertz CT molecular complexity index is 683. The average molecular weight is 309 g/mol. The third-order valence-corrected chi connectivity index (χ3v) is 3.16. The molecule has 2 aromatic rings. The first-order valence-corrected chi connectivity index (χ1v) is 6.84. The molecule has 0 bridgehead atoms. The lowest BCUT2D eigenvalue weighted by atomic mass is 10.1. The first-order valence-electron chi connectivity index (χ1n) is 6.84. The highest BCUT2D eigenvalue weighted by molar-refractivity contribution is 5.73. The molecule has 0 fully saturated rings. The van der Waals surface area contributed by atoms with Crippen LogP contribution in [0.5, 0.6) is 0 Å². The molecule has 1 aromatic carbocycles. The number of carbonyl (C=O) groups is 1. The number of aromatic nitrogens is 2. The van der Waals surface area contributed by atoms with Gasteiger partial charge < -0.3 is 9.84 Å². The van der Waals surface area contributed by atoms with E-state index in [0.717, 1.165) is 6.07 Å². The predicted molar refractivity (Wildman–Crippen MR) is 74.9 cm³/mol. The second-order valence-electron chi connectivity index (χ2n) is 5.53. The van der Waals surface area contributed by atoms with Gasteiger partial charge in [0.25, 0.3) is 0 Å². The van der Waals surface area contributed by atoms with E-state index in [9.17, 15) is 13.6 Å². The molecule has 0 saturated carbocycles. The third-order valence-electron chi connectivity index (χ3n) is 3.16. The summed E-state index contributed by atoms with van der Waals surface area (Å²) in [6.07, 6.45) is 0.523. The summed E-state index contributed by atoms with van der Waals surface area (Å²) in [4.78, 5) is 15.3. The molecule has 0 aliphatic rings. The smallest absolute Gasteiger partial charge is 0.227 e. The van der Waals surface area contributed by atoms with Gasteiger partial charge in [-0.25, -0.2) is 8.78 Å². The summed E-state index contributed by atoms with van der Waals surface area (Å²) in [6, 6.07) is 4.03. The van der Waals surface area contributed by atoms with Crippen molar-refractivity contribution in [3.05, 3.63) is 47.1 Å². The molecule has 1 amide bonds. The molecule has 0 aliphatic carbocycles. The van der Waals surface area contributed by atoms with Crippen LogP contribution in [0.3, 0.4) is 0 Å². The van der Waals surface area contributed by atoms with Gasteiger partial charge in [-0.1, -0.05) is 17.3 Å². The Balaban J connectivity index is 2.06. The topological polar surface area (TPSA) is 68.0 Å². The lowest BCUT2D eigenvalue weighted by Crippen LogP contribution is -2.40. The van der Waals surface area contributed by atoms with Gasteiger partial charge in [-0.15, -0.1) is 0 Å². The van der Waals surface area contributed by atoms with E-state index in [4.69, 9.17) is 4.52 Å². The van der Waals surface area contributed by atoms with Crippen LogP contribution < -0.4 is 5.32 Å². The van der Waals surface area contributed by atoms with Gasteiger partial charge in [0, 0.05) is 13.3 Å². The molecule has 1 N–H and O–H groups in total. The number of hydrogen-bond donors (Lipinski definition) is 1. The molecule has 0 radical (unpaired) electrons. The molecule has 5 nitrogen and oxygen atoms in total. The Labute approximate surface area is 126 Å². The summed E-state index contributed by atoms with van der Waals surface area (Å²) >= 11 is 0. The molecule has 22 heavy (non-hydrogen) atoms. The van der Waals surface area contributed by atoms with Crippen LogP contribution in [0.1, 0.15) is 38.0 Å². The van der Waals surface area contributed by atoms with Crippen molar-refractivity contribution in [2.75, 3.05) is 0 Å². The lowest BCUT2D eigenvalue weighted by Gasteiger charge is -2.20. The van der Waals surface area contributed by atoms with Gasteiger partial charge in [-0.2, -0.15) is 4.98 Å². The van der Waals surface area contributed by atoms with Crippen LogP contribution >= 0.6 is 0 Å². The molecule has 7 heteroatoms. The van der Waals surface area contributed by atoms with E-state index >= 15 is 0 Å². The summed E-state index contributed by atoms with van der Waals surface area (Å²) < 4.78 is 31.8. The minimum absolute atomic E-state index is 0.210. The fourth-order valence-corrected chi connectivity index (χ4v) is 2.09. The molecule has 0 aliphatic heterocycles. The Morgan fingerprint density at radius 3 is 2.73 bits per heavy atom. The Morgan fingerprint density at radius 2 is 2.05 bits per heavy atom. The SMILES string of the molecule is CC(=O)NC(C)(C)c1noc(CCc2cccc(F)c2F)n1. The molecule has 1 aromatic heterocycles.